The monoisotopic (exact) mass is 291 g/mol. The predicted octanol–water partition coefficient (Wildman–Crippen LogP) is 4.19. The average molecular weight is 292 g/mol. The molecule has 1 aromatic carbocycles. The van der Waals surface area contributed by atoms with E-state index in [-0.39, 0.29) is 5.78 Å². The molecule has 0 fully saturated rings. The van der Waals surface area contributed by atoms with Crippen LogP contribution in [0.4, 0.5) is 5.69 Å². The van der Waals surface area contributed by atoms with Crippen molar-refractivity contribution in [3.8, 4) is 0 Å². The third-order valence-corrected chi connectivity index (χ3v) is 4.59. The van der Waals surface area contributed by atoms with Crippen molar-refractivity contribution in [2.24, 2.45) is 0 Å². The molecule has 2 aromatic rings. The summed E-state index contributed by atoms with van der Waals surface area (Å²) in [5, 5.41) is 3.36. The molecule has 1 aliphatic heterocycles. The standard InChI is InChI=1S/C15H14ClNOS/c16-15-7-6-10(19-15)9-14(18)12-3-1-5-13-11(12)4-2-8-17-13/h1,3,5-7,17H,2,4,8-9H2. The Bertz CT molecular complexity index is 620. The van der Waals surface area contributed by atoms with Crippen molar-refractivity contribution in [2.75, 3.05) is 11.9 Å². The lowest BCUT2D eigenvalue weighted by molar-refractivity contribution is 0.0993. The van der Waals surface area contributed by atoms with E-state index in [0.717, 1.165) is 39.9 Å². The average Bonchev–Trinajstić information content (AvgIpc) is 2.83. The summed E-state index contributed by atoms with van der Waals surface area (Å²) in [6.45, 7) is 0.991. The Kier molecular flexibility index (Phi) is 3.58. The van der Waals surface area contributed by atoms with Crippen LogP contribution < -0.4 is 5.32 Å². The minimum atomic E-state index is 0.180. The fraction of sp³-hybridized carbons (Fsp3) is 0.267. The number of ketones is 1. The second kappa shape index (κ2) is 5.35. The van der Waals surface area contributed by atoms with Crippen molar-refractivity contribution in [3.05, 3.63) is 50.7 Å². The number of thiophene rings is 1. The molecule has 19 heavy (non-hydrogen) atoms. The van der Waals surface area contributed by atoms with Crippen LogP contribution in [0.3, 0.4) is 0 Å². The molecule has 0 spiro atoms. The van der Waals surface area contributed by atoms with Crippen LogP contribution >= 0.6 is 22.9 Å². The van der Waals surface area contributed by atoms with E-state index in [4.69, 9.17) is 11.6 Å². The number of fused-ring (bicyclic) bond motifs is 1. The van der Waals surface area contributed by atoms with Crippen LogP contribution in [0, 0.1) is 0 Å². The van der Waals surface area contributed by atoms with E-state index in [0.29, 0.717) is 6.42 Å². The fourth-order valence-electron chi connectivity index (χ4n) is 2.47. The van der Waals surface area contributed by atoms with Gasteiger partial charge in [-0.1, -0.05) is 23.7 Å². The second-order valence-electron chi connectivity index (χ2n) is 4.67. The lowest BCUT2D eigenvalue weighted by Gasteiger charge is -2.20. The summed E-state index contributed by atoms with van der Waals surface area (Å²) in [4.78, 5) is 13.5. The first kappa shape index (κ1) is 12.7. The van der Waals surface area contributed by atoms with E-state index >= 15 is 0 Å². The van der Waals surface area contributed by atoms with Crippen LogP contribution in [0.5, 0.6) is 0 Å². The zero-order chi connectivity index (χ0) is 13.2. The Morgan fingerprint density at radius 1 is 1.32 bits per heavy atom. The van der Waals surface area contributed by atoms with Gasteiger partial charge in [-0.05, 0) is 36.6 Å². The molecule has 0 radical (unpaired) electrons. The van der Waals surface area contributed by atoms with Gasteiger partial charge in [-0.2, -0.15) is 0 Å². The molecule has 4 heteroatoms. The Hall–Kier alpha value is -1.32. The summed E-state index contributed by atoms with van der Waals surface area (Å²) in [6.07, 6.45) is 2.51. The van der Waals surface area contributed by atoms with Gasteiger partial charge in [0.05, 0.1) is 4.34 Å². The van der Waals surface area contributed by atoms with E-state index in [1.165, 1.54) is 16.9 Å². The molecule has 0 saturated carbocycles. The minimum absolute atomic E-state index is 0.180. The predicted molar refractivity (Wildman–Crippen MR) is 80.6 cm³/mol. The highest BCUT2D eigenvalue weighted by molar-refractivity contribution is 7.16. The summed E-state index contributed by atoms with van der Waals surface area (Å²) in [5.41, 5.74) is 3.14. The van der Waals surface area contributed by atoms with Gasteiger partial charge in [0.25, 0.3) is 0 Å². The van der Waals surface area contributed by atoms with E-state index in [1.807, 2.05) is 30.3 Å². The molecule has 1 aliphatic rings. The van der Waals surface area contributed by atoms with E-state index < -0.39 is 0 Å². The molecule has 3 rings (SSSR count). The summed E-state index contributed by atoms with van der Waals surface area (Å²) in [7, 11) is 0. The highest BCUT2D eigenvalue weighted by Gasteiger charge is 2.17. The molecule has 0 amide bonds. The largest absolute Gasteiger partial charge is 0.385 e. The van der Waals surface area contributed by atoms with Crippen molar-refractivity contribution < 1.29 is 4.79 Å². The molecule has 0 saturated heterocycles. The number of hydrogen-bond acceptors (Lipinski definition) is 3. The molecule has 0 unspecified atom stereocenters. The van der Waals surface area contributed by atoms with Crippen LogP contribution in [-0.2, 0) is 12.8 Å². The molecular weight excluding hydrogens is 278 g/mol. The first-order valence-electron chi connectivity index (χ1n) is 6.37. The maximum absolute atomic E-state index is 12.4. The van der Waals surface area contributed by atoms with Gasteiger partial charge >= 0.3 is 0 Å². The maximum atomic E-state index is 12.4. The highest BCUT2D eigenvalue weighted by atomic mass is 35.5. The molecule has 1 aromatic heterocycles. The number of rotatable bonds is 3. The third kappa shape index (κ3) is 2.67. The Morgan fingerprint density at radius 2 is 2.21 bits per heavy atom. The van der Waals surface area contributed by atoms with Gasteiger partial charge in [-0.15, -0.1) is 11.3 Å². The molecule has 2 nitrogen and oxygen atoms in total. The van der Waals surface area contributed by atoms with Gasteiger partial charge in [0.2, 0.25) is 0 Å². The summed E-state index contributed by atoms with van der Waals surface area (Å²) < 4.78 is 0.736. The Labute approximate surface area is 121 Å². The van der Waals surface area contributed by atoms with Gasteiger partial charge in [-0.25, -0.2) is 0 Å². The molecule has 1 N–H and O–H groups in total. The smallest absolute Gasteiger partial charge is 0.168 e. The molecule has 0 bridgehead atoms. The van der Waals surface area contributed by atoms with Crippen LogP contribution in [0.1, 0.15) is 27.2 Å². The first-order valence-corrected chi connectivity index (χ1v) is 7.56. The van der Waals surface area contributed by atoms with Crippen LogP contribution in [0.25, 0.3) is 0 Å². The number of benzene rings is 1. The SMILES string of the molecule is O=C(Cc1ccc(Cl)s1)c1cccc2c1CCCN2. The van der Waals surface area contributed by atoms with Crippen molar-refractivity contribution in [3.63, 3.8) is 0 Å². The van der Waals surface area contributed by atoms with Gasteiger partial charge in [0.15, 0.2) is 5.78 Å². The van der Waals surface area contributed by atoms with Crippen molar-refractivity contribution >= 4 is 34.4 Å². The second-order valence-corrected chi connectivity index (χ2v) is 6.47. The molecular formula is C15H14ClNOS. The third-order valence-electron chi connectivity index (χ3n) is 3.36. The maximum Gasteiger partial charge on any atom is 0.168 e. The van der Waals surface area contributed by atoms with Gasteiger partial charge in [0, 0.05) is 29.1 Å². The Morgan fingerprint density at radius 3 is 3.00 bits per heavy atom. The van der Waals surface area contributed by atoms with Crippen LogP contribution in [0.2, 0.25) is 4.34 Å². The molecule has 2 heterocycles. The fourth-order valence-corrected chi connectivity index (χ4v) is 3.56. The zero-order valence-electron chi connectivity index (χ0n) is 10.4. The number of anilines is 1. The first-order chi connectivity index (χ1) is 9.24. The van der Waals surface area contributed by atoms with Gasteiger partial charge in [-0.3, -0.25) is 4.79 Å². The van der Waals surface area contributed by atoms with Crippen LogP contribution in [-0.4, -0.2) is 12.3 Å². The van der Waals surface area contributed by atoms with Crippen LogP contribution in [0.15, 0.2) is 30.3 Å². The number of carbonyl (C=O) groups excluding carboxylic acids is 1. The number of halogens is 1. The summed E-state index contributed by atoms with van der Waals surface area (Å²) in [6, 6.07) is 9.71. The quantitative estimate of drug-likeness (QED) is 0.859. The molecule has 0 aliphatic carbocycles. The van der Waals surface area contributed by atoms with E-state index in [2.05, 4.69) is 5.32 Å². The summed E-state index contributed by atoms with van der Waals surface area (Å²) >= 11 is 7.38. The number of carbonyl (C=O) groups is 1. The number of hydrogen-bond donors (Lipinski definition) is 1. The van der Waals surface area contributed by atoms with Gasteiger partial charge in [0.1, 0.15) is 0 Å². The lowest BCUT2D eigenvalue weighted by atomic mass is 9.94. The van der Waals surface area contributed by atoms with Crippen molar-refractivity contribution in [1.29, 1.82) is 0 Å². The molecule has 98 valence electrons. The summed E-state index contributed by atoms with van der Waals surface area (Å²) in [5.74, 6) is 0.180. The van der Waals surface area contributed by atoms with Gasteiger partial charge < -0.3 is 5.32 Å². The Balaban J connectivity index is 1.87. The van der Waals surface area contributed by atoms with Crippen molar-refractivity contribution in [1.82, 2.24) is 0 Å². The number of Topliss-reactive ketones (excluding diaryl/α,β-unsaturated/α-hetero) is 1. The highest BCUT2D eigenvalue weighted by Crippen LogP contribution is 2.28. The topological polar surface area (TPSA) is 29.1 Å². The minimum Gasteiger partial charge on any atom is -0.385 e. The van der Waals surface area contributed by atoms with Crippen molar-refractivity contribution in [2.45, 2.75) is 19.3 Å². The normalized spacial score (nSPS) is 13.7. The zero-order valence-corrected chi connectivity index (χ0v) is 12.0. The number of nitrogens with one attached hydrogen (secondary N) is 1. The molecule has 0 atom stereocenters. The van der Waals surface area contributed by atoms with E-state index in [9.17, 15) is 4.79 Å². The van der Waals surface area contributed by atoms with E-state index in [1.54, 1.807) is 0 Å². The lowest BCUT2D eigenvalue weighted by Crippen LogP contribution is -2.16.